The lowest BCUT2D eigenvalue weighted by Crippen LogP contribution is -2.34. The molecule has 0 unspecified atom stereocenters. The number of nitrogens with zero attached hydrogens (tertiary/aromatic N) is 3. The van der Waals surface area contributed by atoms with Crippen LogP contribution in [0.15, 0.2) is 30.5 Å². The van der Waals surface area contributed by atoms with Crippen molar-refractivity contribution in [1.82, 2.24) is 9.78 Å². The van der Waals surface area contributed by atoms with Gasteiger partial charge < -0.3 is 4.74 Å². The monoisotopic (exact) mass is 349 g/mol. The molecule has 0 aliphatic rings. The Hall–Kier alpha value is -2.65. The highest BCUT2D eigenvalue weighted by Crippen LogP contribution is 2.38. The summed E-state index contributed by atoms with van der Waals surface area (Å²) in [4.78, 5) is 12.2. The van der Waals surface area contributed by atoms with E-state index in [1.807, 2.05) is 0 Å². The third-order valence-corrected chi connectivity index (χ3v) is 3.00. The van der Waals surface area contributed by atoms with Crippen LogP contribution in [0.4, 0.5) is 33.3 Å². The van der Waals surface area contributed by atoms with Gasteiger partial charge in [-0.05, 0) is 12.1 Å². The van der Waals surface area contributed by atoms with E-state index in [0.717, 1.165) is 11.0 Å². The Morgan fingerprint density at radius 1 is 1.33 bits per heavy atom. The summed E-state index contributed by atoms with van der Waals surface area (Å²) in [5.74, 6) is -0.663. The standard InChI is InChI=1S/C14H12F5N3O2/c1-21-7-11(9(6-15)20-21)22(8-23)10-4-2-3-5-12(10)24-14(18,19)13(16)17/h2-5,7-8,13H,6H2,1H3. The lowest BCUT2D eigenvalue weighted by atomic mass is 10.2. The van der Waals surface area contributed by atoms with Crippen LogP contribution in [-0.2, 0) is 18.5 Å². The molecule has 0 aliphatic heterocycles. The fourth-order valence-corrected chi connectivity index (χ4v) is 2.00. The van der Waals surface area contributed by atoms with Gasteiger partial charge >= 0.3 is 12.5 Å². The smallest absolute Gasteiger partial charge is 0.426 e. The molecule has 0 saturated carbocycles. The number of hydrogen-bond acceptors (Lipinski definition) is 3. The molecule has 1 aromatic heterocycles. The minimum atomic E-state index is -4.75. The maximum absolute atomic E-state index is 13.2. The molecule has 1 aromatic carbocycles. The average molecular weight is 349 g/mol. The van der Waals surface area contributed by atoms with Crippen molar-refractivity contribution in [1.29, 1.82) is 0 Å². The largest absolute Gasteiger partial charge is 0.461 e. The number of alkyl halides is 5. The minimum absolute atomic E-state index is 0.0218. The summed E-state index contributed by atoms with van der Waals surface area (Å²) in [6.45, 7) is -1.02. The Balaban J connectivity index is 2.48. The van der Waals surface area contributed by atoms with Crippen molar-refractivity contribution in [2.75, 3.05) is 4.90 Å². The number of para-hydroxylation sites is 2. The summed E-state index contributed by atoms with van der Waals surface area (Å²) >= 11 is 0. The van der Waals surface area contributed by atoms with Gasteiger partial charge in [0.25, 0.3) is 0 Å². The van der Waals surface area contributed by atoms with Gasteiger partial charge in [0.05, 0.1) is 11.4 Å². The lowest BCUT2D eigenvalue weighted by Gasteiger charge is -2.23. The first-order valence-electron chi connectivity index (χ1n) is 6.57. The third-order valence-electron chi connectivity index (χ3n) is 3.00. The van der Waals surface area contributed by atoms with Crippen LogP contribution in [0.5, 0.6) is 5.75 Å². The number of carbonyl (C=O) groups excluding carboxylic acids is 1. The number of aromatic nitrogens is 2. The predicted molar refractivity (Wildman–Crippen MR) is 74.2 cm³/mol. The number of aryl methyl sites for hydroxylation is 1. The van der Waals surface area contributed by atoms with Gasteiger partial charge in [-0.3, -0.25) is 14.4 Å². The topological polar surface area (TPSA) is 47.4 Å². The SMILES string of the molecule is Cn1cc(N(C=O)c2ccccc2OC(F)(F)C(F)F)c(CF)n1. The summed E-state index contributed by atoms with van der Waals surface area (Å²) < 4.78 is 69.3. The molecule has 0 bridgehead atoms. The Bertz CT molecular complexity index is 720. The molecule has 0 aliphatic carbocycles. The number of amides is 1. The molecule has 0 N–H and O–H groups in total. The van der Waals surface area contributed by atoms with Crippen LogP contribution in [-0.4, -0.2) is 28.7 Å². The Morgan fingerprint density at radius 2 is 2.00 bits per heavy atom. The molecule has 130 valence electrons. The molecule has 0 fully saturated rings. The van der Waals surface area contributed by atoms with Gasteiger partial charge in [-0.2, -0.15) is 22.7 Å². The summed E-state index contributed by atoms with van der Waals surface area (Å²) in [6, 6.07) is 4.83. The summed E-state index contributed by atoms with van der Waals surface area (Å²) in [7, 11) is 1.47. The van der Waals surface area contributed by atoms with Gasteiger partial charge in [0, 0.05) is 13.2 Å². The van der Waals surface area contributed by atoms with Crippen molar-refractivity contribution in [3.63, 3.8) is 0 Å². The first-order chi connectivity index (χ1) is 11.3. The first kappa shape index (κ1) is 17.7. The van der Waals surface area contributed by atoms with Gasteiger partial charge in [0.15, 0.2) is 5.75 Å². The molecule has 2 rings (SSSR count). The van der Waals surface area contributed by atoms with Gasteiger partial charge in [0.2, 0.25) is 6.41 Å². The molecule has 5 nitrogen and oxygen atoms in total. The van der Waals surface area contributed by atoms with Crippen molar-refractivity contribution >= 4 is 17.8 Å². The lowest BCUT2D eigenvalue weighted by molar-refractivity contribution is -0.253. The zero-order chi connectivity index (χ0) is 17.9. The second-order valence-corrected chi connectivity index (χ2v) is 4.68. The zero-order valence-electron chi connectivity index (χ0n) is 12.3. The Kier molecular flexibility index (Phi) is 5.05. The zero-order valence-corrected chi connectivity index (χ0v) is 12.3. The minimum Gasteiger partial charge on any atom is -0.426 e. The van der Waals surface area contributed by atoms with Crippen LogP contribution in [0, 0.1) is 0 Å². The van der Waals surface area contributed by atoms with Gasteiger partial charge in [0.1, 0.15) is 12.4 Å². The van der Waals surface area contributed by atoms with Crippen LogP contribution >= 0.6 is 0 Å². The van der Waals surface area contributed by atoms with Gasteiger partial charge in [-0.25, -0.2) is 4.39 Å². The highest BCUT2D eigenvalue weighted by Gasteiger charge is 2.44. The molecule has 10 heteroatoms. The number of anilines is 2. The molecule has 2 aromatic rings. The van der Waals surface area contributed by atoms with Crippen molar-refractivity contribution in [3.8, 4) is 5.75 Å². The van der Waals surface area contributed by atoms with Crippen LogP contribution in [0.2, 0.25) is 0 Å². The fourth-order valence-electron chi connectivity index (χ4n) is 2.00. The number of rotatable bonds is 7. The molecular weight excluding hydrogens is 337 g/mol. The van der Waals surface area contributed by atoms with E-state index < -0.39 is 25.0 Å². The molecule has 0 radical (unpaired) electrons. The van der Waals surface area contributed by atoms with E-state index in [2.05, 4.69) is 9.84 Å². The highest BCUT2D eigenvalue weighted by atomic mass is 19.3. The van der Waals surface area contributed by atoms with Gasteiger partial charge in [-0.1, -0.05) is 12.1 Å². The van der Waals surface area contributed by atoms with Crippen molar-refractivity contribution in [3.05, 3.63) is 36.2 Å². The maximum atomic E-state index is 13.2. The van der Waals surface area contributed by atoms with Crippen molar-refractivity contribution < 1.29 is 31.5 Å². The van der Waals surface area contributed by atoms with Crippen LogP contribution in [0.1, 0.15) is 5.69 Å². The second-order valence-electron chi connectivity index (χ2n) is 4.68. The number of carbonyl (C=O) groups is 1. The van der Waals surface area contributed by atoms with E-state index in [1.54, 1.807) is 0 Å². The normalized spacial score (nSPS) is 11.6. The first-order valence-corrected chi connectivity index (χ1v) is 6.57. The number of benzene rings is 1. The molecule has 0 saturated heterocycles. The summed E-state index contributed by atoms with van der Waals surface area (Å²) in [6.07, 6.45) is -7.30. The predicted octanol–water partition coefficient (Wildman–Crippen LogP) is 3.42. The Morgan fingerprint density at radius 3 is 2.58 bits per heavy atom. The van der Waals surface area contributed by atoms with Crippen LogP contribution in [0.3, 0.4) is 0 Å². The molecule has 0 spiro atoms. The summed E-state index contributed by atoms with van der Waals surface area (Å²) in [5.41, 5.74) is -0.401. The van der Waals surface area contributed by atoms with Crippen molar-refractivity contribution in [2.24, 2.45) is 7.05 Å². The average Bonchev–Trinajstić information content (AvgIpc) is 2.90. The van der Waals surface area contributed by atoms with Crippen LogP contribution < -0.4 is 9.64 Å². The number of hydrogen-bond donors (Lipinski definition) is 0. The molecule has 0 atom stereocenters. The van der Waals surface area contributed by atoms with E-state index >= 15 is 0 Å². The maximum Gasteiger partial charge on any atom is 0.461 e. The van der Waals surface area contributed by atoms with Crippen LogP contribution in [0.25, 0.3) is 0 Å². The van der Waals surface area contributed by atoms with E-state index in [1.165, 1.54) is 36.1 Å². The van der Waals surface area contributed by atoms with E-state index in [-0.39, 0.29) is 23.5 Å². The number of halogens is 5. The quantitative estimate of drug-likeness (QED) is 0.568. The van der Waals surface area contributed by atoms with E-state index in [4.69, 9.17) is 0 Å². The highest BCUT2D eigenvalue weighted by molar-refractivity contribution is 5.89. The van der Waals surface area contributed by atoms with E-state index in [0.29, 0.717) is 0 Å². The summed E-state index contributed by atoms with van der Waals surface area (Å²) in [5, 5.41) is 3.79. The molecule has 1 heterocycles. The second kappa shape index (κ2) is 6.85. The molecule has 24 heavy (non-hydrogen) atoms. The third kappa shape index (κ3) is 3.47. The van der Waals surface area contributed by atoms with E-state index in [9.17, 15) is 26.7 Å². The fraction of sp³-hybridized carbons (Fsp3) is 0.286. The van der Waals surface area contributed by atoms with Crippen molar-refractivity contribution in [2.45, 2.75) is 19.2 Å². The number of ether oxygens (including phenoxy) is 1. The van der Waals surface area contributed by atoms with Gasteiger partial charge in [-0.15, -0.1) is 0 Å². The molecular formula is C14H12F5N3O2. The molecule has 1 amide bonds. The Labute approximate surface area is 133 Å².